The molecule has 2 aromatic carbocycles. The highest BCUT2D eigenvalue weighted by molar-refractivity contribution is 6.31. The molecule has 1 saturated heterocycles. The van der Waals surface area contributed by atoms with Crippen molar-refractivity contribution in [1.82, 2.24) is 0 Å². The monoisotopic (exact) mass is 408 g/mol. The summed E-state index contributed by atoms with van der Waals surface area (Å²) < 4.78 is 31.0. The van der Waals surface area contributed by atoms with E-state index < -0.39 is 11.9 Å². The van der Waals surface area contributed by atoms with Crippen LogP contribution in [0.1, 0.15) is 35.6 Å². The van der Waals surface area contributed by atoms with E-state index in [1.54, 1.807) is 12.1 Å². The summed E-state index contributed by atoms with van der Waals surface area (Å²) in [5, 5.41) is 20.0. The second-order valence-electron chi connectivity index (χ2n) is 7.18. The van der Waals surface area contributed by atoms with Gasteiger partial charge in [-0.05, 0) is 41.3 Å². The maximum absolute atomic E-state index is 14.3. The second kappa shape index (κ2) is 8.25. The quantitative estimate of drug-likeness (QED) is 0.811. The van der Waals surface area contributed by atoms with Gasteiger partial charge in [0.15, 0.2) is 17.3 Å². The highest BCUT2D eigenvalue weighted by Crippen LogP contribution is 2.37. The number of ether oxygens (including phenoxy) is 3. The minimum absolute atomic E-state index is 0.134. The average molecular weight is 409 g/mol. The van der Waals surface area contributed by atoms with Gasteiger partial charge < -0.3 is 24.4 Å². The van der Waals surface area contributed by atoms with E-state index >= 15 is 0 Å². The number of rotatable bonds is 4. The Morgan fingerprint density at radius 3 is 2.75 bits per heavy atom. The van der Waals surface area contributed by atoms with Crippen molar-refractivity contribution >= 4 is 11.6 Å². The molecule has 2 N–H and O–H groups in total. The number of hydrogen-bond donors (Lipinski definition) is 2. The van der Waals surface area contributed by atoms with Gasteiger partial charge in [0.05, 0.1) is 24.9 Å². The third-order valence-corrected chi connectivity index (χ3v) is 5.44. The molecule has 1 fully saturated rings. The van der Waals surface area contributed by atoms with Gasteiger partial charge in [-0.1, -0.05) is 23.7 Å². The molecule has 0 radical (unpaired) electrons. The second-order valence-corrected chi connectivity index (χ2v) is 7.59. The molecular weight excluding hydrogens is 387 g/mol. The molecule has 2 aliphatic heterocycles. The lowest BCUT2D eigenvalue weighted by molar-refractivity contribution is -0.113. The van der Waals surface area contributed by atoms with E-state index in [9.17, 15) is 14.6 Å². The van der Waals surface area contributed by atoms with Gasteiger partial charge in [0.25, 0.3) is 0 Å². The first-order valence-electron chi connectivity index (χ1n) is 9.34. The molecule has 2 heterocycles. The Kier molecular flexibility index (Phi) is 5.73. The highest BCUT2D eigenvalue weighted by Gasteiger charge is 2.29. The molecule has 3 unspecified atom stereocenters. The summed E-state index contributed by atoms with van der Waals surface area (Å²) in [6, 6.07) is 8.74. The lowest BCUT2D eigenvalue weighted by atomic mass is 9.94. The van der Waals surface area contributed by atoms with Gasteiger partial charge in [0.2, 0.25) is 0 Å². The van der Waals surface area contributed by atoms with E-state index in [4.69, 9.17) is 25.8 Å². The summed E-state index contributed by atoms with van der Waals surface area (Å²) in [5.74, 6) is 0.0940. The number of halogens is 2. The van der Waals surface area contributed by atoms with Crippen LogP contribution < -0.4 is 9.47 Å². The standard InChI is InChI=1S/C21H22ClFO5/c22-17-2-1-13(19-10-15(25)9-16(11-24)28-19)8-14(17)5-12-6-18(23)21-20(7-12)26-3-4-27-21/h1-2,6-8,15-16,19,24-25H,3-5,9-11H2. The van der Waals surface area contributed by atoms with Crippen molar-refractivity contribution in [3.63, 3.8) is 0 Å². The first-order valence-corrected chi connectivity index (χ1v) is 9.72. The van der Waals surface area contributed by atoms with Crippen molar-refractivity contribution in [3.8, 4) is 11.5 Å². The molecule has 2 aliphatic rings. The maximum atomic E-state index is 14.3. The normalized spacial score (nSPS) is 24.2. The summed E-state index contributed by atoms with van der Waals surface area (Å²) in [7, 11) is 0. The fourth-order valence-electron chi connectivity index (χ4n) is 3.74. The molecule has 28 heavy (non-hydrogen) atoms. The van der Waals surface area contributed by atoms with Gasteiger partial charge in [-0.25, -0.2) is 4.39 Å². The average Bonchev–Trinajstić information content (AvgIpc) is 2.69. The van der Waals surface area contributed by atoms with Gasteiger partial charge in [-0.3, -0.25) is 0 Å². The summed E-state index contributed by atoms with van der Waals surface area (Å²) in [6.07, 6.45) is 0.0506. The van der Waals surface area contributed by atoms with Gasteiger partial charge in [0, 0.05) is 17.9 Å². The fourth-order valence-corrected chi connectivity index (χ4v) is 3.92. The molecule has 0 amide bonds. The fraction of sp³-hybridized carbons (Fsp3) is 0.429. The largest absolute Gasteiger partial charge is 0.486 e. The van der Waals surface area contributed by atoms with Crippen LogP contribution in [0.2, 0.25) is 5.02 Å². The van der Waals surface area contributed by atoms with E-state index in [0.29, 0.717) is 43.2 Å². The molecule has 0 aromatic heterocycles. The van der Waals surface area contributed by atoms with Crippen molar-refractivity contribution in [2.75, 3.05) is 19.8 Å². The Hall–Kier alpha value is -1.86. The summed E-state index contributed by atoms with van der Waals surface area (Å²) in [6.45, 7) is 0.587. The maximum Gasteiger partial charge on any atom is 0.197 e. The van der Waals surface area contributed by atoms with Crippen molar-refractivity contribution in [1.29, 1.82) is 0 Å². The van der Waals surface area contributed by atoms with Crippen molar-refractivity contribution in [3.05, 3.63) is 57.9 Å². The third kappa shape index (κ3) is 4.10. The topological polar surface area (TPSA) is 68.2 Å². The summed E-state index contributed by atoms with van der Waals surface area (Å²) in [4.78, 5) is 0. The molecule has 0 saturated carbocycles. The third-order valence-electron chi connectivity index (χ3n) is 5.07. The van der Waals surface area contributed by atoms with E-state index in [2.05, 4.69) is 0 Å². The Balaban J connectivity index is 1.59. The molecular formula is C21H22ClFO5. The number of aliphatic hydroxyl groups excluding tert-OH is 2. The van der Waals surface area contributed by atoms with Gasteiger partial charge >= 0.3 is 0 Å². The minimum atomic E-state index is -0.526. The number of hydrogen-bond acceptors (Lipinski definition) is 5. The molecule has 2 aromatic rings. The van der Waals surface area contributed by atoms with Crippen molar-refractivity contribution in [2.45, 2.75) is 37.6 Å². The van der Waals surface area contributed by atoms with Crippen LogP contribution >= 0.6 is 11.6 Å². The molecule has 3 atom stereocenters. The summed E-state index contributed by atoms with van der Waals surface area (Å²) >= 11 is 6.37. The Morgan fingerprint density at radius 2 is 1.93 bits per heavy atom. The van der Waals surface area contributed by atoms with Crippen molar-refractivity contribution in [2.24, 2.45) is 0 Å². The van der Waals surface area contributed by atoms with Gasteiger partial charge in [-0.15, -0.1) is 0 Å². The van der Waals surface area contributed by atoms with Crippen LogP contribution in [-0.4, -0.2) is 42.2 Å². The first-order chi connectivity index (χ1) is 13.5. The van der Waals surface area contributed by atoms with E-state index in [0.717, 1.165) is 16.7 Å². The smallest absolute Gasteiger partial charge is 0.197 e. The minimum Gasteiger partial charge on any atom is -0.486 e. The Morgan fingerprint density at radius 1 is 1.11 bits per heavy atom. The zero-order chi connectivity index (χ0) is 19.7. The predicted octanol–water partition coefficient (Wildman–Crippen LogP) is 3.41. The van der Waals surface area contributed by atoms with Crippen LogP contribution in [0.25, 0.3) is 0 Å². The van der Waals surface area contributed by atoms with Crippen LogP contribution in [0, 0.1) is 5.82 Å². The Labute approximate surface area is 167 Å². The molecule has 0 aliphatic carbocycles. The van der Waals surface area contributed by atoms with Gasteiger partial charge in [-0.2, -0.15) is 0 Å². The lowest BCUT2D eigenvalue weighted by Gasteiger charge is -2.32. The highest BCUT2D eigenvalue weighted by atomic mass is 35.5. The van der Waals surface area contributed by atoms with E-state index in [1.807, 2.05) is 12.1 Å². The molecule has 0 spiro atoms. The lowest BCUT2D eigenvalue weighted by Crippen LogP contribution is -2.33. The molecule has 7 heteroatoms. The molecule has 5 nitrogen and oxygen atoms in total. The zero-order valence-corrected chi connectivity index (χ0v) is 16.0. The Bertz CT molecular complexity index is 859. The molecule has 4 rings (SSSR count). The zero-order valence-electron chi connectivity index (χ0n) is 15.2. The molecule has 0 bridgehead atoms. The summed E-state index contributed by atoms with van der Waals surface area (Å²) in [5.41, 5.74) is 2.41. The van der Waals surface area contributed by atoms with Crippen molar-refractivity contribution < 1.29 is 28.8 Å². The van der Waals surface area contributed by atoms with Crippen LogP contribution in [0.4, 0.5) is 4.39 Å². The SMILES string of the molecule is OCC1CC(O)CC(c2ccc(Cl)c(Cc3cc(F)c4c(c3)OCCO4)c2)O1. The van der Waals surface area contributed by atoms with E-state index in [1.165, 1.54) is 6.07 Å². The van der Waals surface area contributed by atoms with Crippen LogP contribution in [0.15, 0.2) is 30.3 Å². The number of fused-ring (bicyclic) bond motifs is 1. The van der Waals surface area contributed by atoms with E-state index in [-0.39, 0.29) is 24.6 Å². The van der Waals surface area contributed by atoms with Crippen LogP contribution in [0.3, 0.4) is 0 Å². The first kappa shape index (κ1) is 19.5. The van der Waals surface area contributed by atoms with Crippen LogP contribution in [-0.2, 0) is 11.2 Å². The van der Waals surface area contributed by atoms with Gasteiger partial charge in [0.1, 0.15) is 13.2 Å². The number of benzene rings is 2. The number of aliphatic hydroxyl groups is 2. The predicted molar refractivity (Wildman–Crippen MR) is 102 cm³/mol. The van der Waals surface area contributed by atoms with Crippen LogP contribution in [0.5, 0.6) is 11.5 Å². The molecule has 150 valence electrons.